The van der Waals surface area contributed by atoms with Crippen LogP contribution in [0.3, 0.4) is 0 Å². The molecule has 0 aromatic heterocycles. The summed E-state index contributed by atoms with van der Waals surface area (Å²) >= 11 is 5.12. The molecule has 138 valence electrons. The number of nitrogens with zero attached hydrogens (tertiary/aromatic N) is 2. The number of thiocarbonyl (C=S) groups is 1. The van der Waals surface area contributed by atoms with Crippen LogP contribution in [-0.4, -0.2) is 38.1 Å². The summed E-state index contributed by atoms with van der Waals surface area (Å²) in [6.45, 7) is 5.27. The Hall–Kier alpha value is -2.44. The lowest BCUT2D eigenvalue weighted by molar-refractivity contribution is 0.204. The van der Waals surface area contributed by atoms with Crippen LogP contribution in [0.4, 0.5) is 5.69 Å². The van der Waals surface area contributed by atoms with Crippen molar-refractivity contribution < 1.29 is 4.74 Å². The van der Waals surface area contributed by atoms with Crippen LogP contribution in [0.5, 0.6) is 0 Å². The summed E-state index contributed by atoms with van der Waals surface area (Å²) in [6, 6.07) is 18.8. The van der Waals surface area contributed by atoms with Gasteiger partial charge in [-0.3, -0.25) is 5.43 Å². The number of rotatable bonds is 9. The Labute approximate surface area is 161 Å². The SMILES string of the molecule is CCN(Cc1ccccc1)c1ccc(/C=N\NC(=S)NCCOC)cc1. The normalized spacial score (nSPS) is 10.7. The fourth-order valence-corrected chi connectivity index (χ4v) is 2.59. The van der Waals surface area contributed by atoms with Crippen LogP contribution in [0.15, 0.2) is 59.7 Å². The predicted octanol–water partition coefficient (Wildman–Crippen LogP) is 3.16. The highest BCUT2D eigenvalue weighted by atomic mass is 32.1. The third-order valence-electron chi connectivity index (χ3n) is 3.83. The van der Waals surface area contributed by atoms with E-state index in [2.05, 4.69) is 76.2 Å². The largest absolute Gasteiger partial charge is 0.383 e. The van der Waals surface area contributed by atoms with Crippen molar-refractivity contribution in [2.45, 2.75) is 13.5 Å². The third kappa shape index (κ3) is 6.82. The molecule has 0 saturated carbocycles. The quantitative estimate of drug-likeness (QED) is 0.307. The molecule has 0 fully saturated rings. The lowest BCUT2D eigenvalue weighted by Crippen LogP contribution is -2.34. The number of anilines is 1. The first-order valence-corrected chi connectivity index (χ1v) is 9.08. The lowest BCUT2D eigenvalue weighted by atomic mass is 10.1. The maximum absolute atomic E-state index is 5.12. The van der Waals surface area contributed by atoms with Gasteiger partial charge in [-0.2, -0.15) is 5.10 Å². The van der Waals surface area contributed by atoms with E-state index >= 15 is 0 Å². The number of ether oxygens (including phenoxy) is 1. The molecule has 26 heavy (non-hydrogen) atoms. The first-order chi connectivity index (χ1) is 12.7. The molecule has 5 nitrogen and oxygen atoms in total. The molecular formula is C20H26N4OS. The van der Waals surface area contributed by atoms with E-state index in [0.717, 1.165) is 18.7 Å². The molecule has 2 N–H and O–H groups in total. The van der Waals surface area contributed by atoms with Crippen molar-refractivity contribution in [3.05, 3.63) is 65.7 Å². The van der Waals surface area contributed by atoms with Crippen molar-refractivity contribution in [3.8, 4) is 0 Å². The van der Waals surface area contributed by atoms with E-state index in [9.17, 15) is 0 Å². The van der Waals surface area contributed by atoms with E-state index < -0.39 is 0 Å². The minimum atomic E-state index is 0.481. The van der Waals surface area contributed by atoms with Gasteiger partial charge in [0.1, 0.15) is 0 Å². The number of hydrazone groups is 1. The minimum Gasteiger partial charge on any atom is -0.383 e. The van der Waals surface area contributed by atoms with Crippen molar-refractivity contribution in [2.24, 2.45) is 5.10 Å². The van der Waals surface area contributed by atoms with Crippen molar-refractivity contribution in [3.63, 3.8) is 0 Å². The van der Waals surface area contributed by atoms with Gasteiger partial charge in [0.2, 0.25) is 0 Å². The van der Waals surface area contributed by atoms with E-state index in [4.69, 9.17) is 17.0 Å². The molecule has 2 aromatic carbocycles. The van der Waals surface area contributed by atoms with E-state index in [-0.39, 0.29) is 0 Å². The van der Waals surface area contributed by atoms with E-state index in [1.807, 2.05) is 6.07 Å². The third-order valence-corrected chi connectivity index (χ3v) is 4.06. The average Bonchev–Trinajstić information content (AvgIpc) is 2.68. The Morgan fingerprint density at radius 1 is 1.15 bits per heavy atom. The van der Waals surface area contributed by atoms with Gasteiger partial charge in [-0.1, -0.05) is 42.5 Å². The minimum absolute atomic E-state index is 0.481. The zero-order chi connectivity index (χ0) is 18.6. The molecule has 0 bridgehead atoms. The summed E-state index contributed by atoms with van der Waals surface area (Å²) < 4.78 is 4.95. The van der Waals surface area contributed by atoms with Crippen molar-refractivity contribution in [1.29, 1.82) is 0 Å². The smallest absolute Gasteiger partial charge is 0.187 e. The van der Waals surface area contributed by atoms with Crippen molar-refractivity contribution in [1.82, 2.24) is 10.7 Å². The van der Waals surface area contributed by atoms with Crippen LogP contribution < -0.4 is 15.6 Å². The average molecular weight is 371 g/mol. The molecule has 0 spiro atoms. The van der Waals surface area contributed by atoms with Crippen LogP contribution in [0.25, 0.3) is 0 Å². The Morgan fingerprint density at radius 3 is 2.54 bits per heavy atom. The van der Waals surface area contributed by atoms with Gasteiger partial charge in [0.05, 0.1) is 12.8 Å². The van der Waals surface area contributed by atoms with Crippen LogP contribution in [0, 0.1) is 0 Å². The molecule has 0 aliphatic carbocycles. The molecule has 0 aliphatic heterocycles. The molecule has 0 radical (unpaired) electrons. The first-order valence-electron chi connectivity index (χ1n) is 8.67. The predicted molar refractivity (Wildman–Crippen MR) is 113 cm³/mol. The van der Waals surface area contributed by atoms with Crippen LogP contribution in [0.1, 0.15) is 18.1 Å². The Balaban J connectivity index is 1.88. The second kappa shape index (κ2) is 11.2. The van der Waals surface area contributed by atoms with Gasteiger partial charge in [0.15, 0.2) is 5.11 Å². The standard InChI is InChI=1S/C20H26N4OS/c1-3-24(16-18-7-5-4-6-8-18)19-11-9-17(10-12-19)15-22-23-20(26)21-13-14-25-2/h4-12,15H,3,13-14,16H2,1-2H3,(H2,21,23,26)/b22-15-. The molecule has 0 amide bonds. The molecular weight excluding hydrogens is 344 g/mol. The number of methoxy groups -OCH3 is 1. The molecule has 6 heteroatoms. The summed E-state index contributed by atoms with van der Waals surface area (Å²) in [5.41, 5.74) is 6.30. The molecule has 0 heterocycles. The topological polar surface area (TPSA) is 48.9 Å². The lowest BCUT2D eigenvalue weighted by Gasteiger charge is -2.23. The van der Waals surface area contributed by atoms with Crippen LogP contribution in [-0.2, 0) is 11.3 Å². The Bertz CT molecular complexity index is 689. The van der Waals surface area contributed by atoms with Crippen molar-refractivity contribution >= 4 is 29.2 Å². The summed E-state index contributed by atoms with van der Waals surface area (Å²) in [6.07, 6.45) is 1.75. The van der Waals surface area contributed by atoms with Gasteiger partial charge >= 0.3 is 0 Å². The molecule has 0 atom stereocenters. The zero-order valence-corrected chi connectivity index (χ0v) is 16.1. The monoisotopic (exact) mass is 370 g/mol. The first kappa shape index (κ1) is 19.9. The highest BCUT2D eigenvalue weighted by Gasteiger charge is 2.05. The fourth-order valence-electron chi connectivity index (χ4n) is 2.43. The number of hydrogen-bond acceptors (Lipinski definition) is 4. The van der Waals surface area contributed by atoms with Gasteiger partial charge in [-0.25, -0.2) is 0 Å². The highest BCUT2D eigenvalue weighted by molar-refractivity contribution is 7.80. The second-order valence-corrected chi connectivity index (χ2v) is 6.12. The molecule has 2 aromatic rings. The highest BCUT2D eigenvalue weighted by Crippen LogP contribution is 2.17. The van der Waals surface area contributed by atoms with Crippen LogP contribution in [0.2, 0.25) is 0 Å². The van der Waals surface area contributed by atoms with Gasteiger partial charge < -0.3 is 15.0 Å². The van der Waals surface area contributed by atoms with E-state index in [1.165, 1.54) is 11.3 Å². The summed E-state index contributed by atoms with van der Waals surface area (Å²) in [5.74, 6) is 0. The van der Waals surface area contributed by atoms with Crippen LogP contribution >= 0.6 is 12.2 Å². The van der Waals surface area contributed by atoms with E-state index in [0.29, 0.717) is 18.3 Å². The molecule has 0 saturated heterocycles. The molecule has 2 rings (SSSR count). The zero-order valence-electron chi connectivity index (χ0n) is 15.3. The Kier molecular flexibility index (Phi) is 8.59. The van der Waals surface area contributed by atoms with Gasteiger partial charge in [-0.15, -0.1) is 0 Å². The molecule has 0 unspecified atom stereocenters. The summed E-state index contributed by atoms with van der Waals surface area (Å²) in [7, 11) is 1.65. The van der Waals surface area contributed by atoms with Crippen molar-refractivity contribution in [2.75, 3.05) is 31.7 Å². The van der Waals surface area contributed by atoms with Gasteiger partial charge in [0.25, 0.3) is 0 Å². The van der Waals surface area contributed by atoms with Gasteiger partial charge in [0, 0.05) is 32.4 Å². The summed E-state index contributed by atoms with van der Waals surface area (Å²) in [4.78, 5) is 2.34. The van der Waals surface area contributed by atoms with E-state index in [1.54, 1.807) is 13.3 Å². The summed E-state index contributed by atoms with van der Waals surface area (Å²) in [5, 5.41) is 7.63. The number of benzene rings is 2. The maximum atomic E-state index is 5.12. The number of hydrogen-bond donors (Lipinski definition) is 2. The second-order valence-electron chi connectivity index (χ2n) is 5.71. The fraction of sp³-hybridized carbons (Fsp3) is 0.300. The Morgan fingerprint density at radius 2 is 1.88 bits per heavy atom. The maximum Gasteiger partial charge on any atom is 0.187 e. The number of nitrogens with one attached hydrogen (secondary N) is 2. The molecule has 0 aliphatic rings. The van der Waals surface area contributed by atoms with Gasteiger partial charge in [-0.05, 0) is 42.4 Å².